The lowest BCUT2D eigenvalue weighted by molar-refractivity contribution is -0.127. The second-order valence-electron chi connectivity index (χ2n) is 6.44. The SMILES string of the molecule is CC1CN(c2ccc(CNC(=O)C(C)Oc3ccccc3)cn2)CCO1. The molecule has 1 aliphatic heterocycles. The van der Waals surface area contributed by atoms with E-state index in [9.17, 15) is 4.79 Å². The Balaban J connectivity index is 1.49. The molecule has 1 N–H and O–H groups in total. The standard InChI is InChI=1S/C20H25N3O3/c1-15-14-23(10-11-25-15)19-9-8-17(12-21-19)13-22-20(24)16(2)26-18-6-4-3-5-7-18/h3-9,12,15-16H,10-11,13-14H2,1-2H3,(H,22,24). The second-order valence-corrected chi connectivity index (χ2v) is 6.44. The Morgan fingerprint density at radius 2 is 2.15 bits per heavy atom. The molecule has 2 unspecified atom stereocenters. The first-order chi connectivity index (χ1) is 12.6. The topological polar surface area (TPSA) is 63.7 Å². The Labute approximate surface area is 154 Å². The normalized spacial score (nSPS) is 18.2. The molecular weight excluding hydrogens is 330 g/mol. The highest BCUT2D eigenvalue weighted by Gasteiger charge is 2.18. The first-order valence-electron chi connectivity index (χ1n) is 8.92. The van der Waals surface area contributed by atoms with Crippen LogP contribution in [0.3, 0.4) is 0 Å². The van der Waals surface area contributed by atoms with E-state index in [1.54, 1.807) is 13.1 Å². The predicted molar refractivity (Wildman–Crippen MR) is 100 cm³/mol. The van der Waals surface area contributed by atoms with Gasteiger partial charge >= 0.3 is 0 Å². The quantitative estimate of drug-likeness (QED) is 0.862. The number of carbonyl (C=O) groups is 1. The smallest absolute Gasteiger partial charge is 0.261 e. The van der Waals surface area contributed by atoms with Crippen molar-refractivity contribution in [3.8, 4) is 5.75 Å². The van der Waals surface area contributed by atoms with Gasteiger partial charge in [0.1, 0.15) is 11.6 Å². The van der Waals surface area contributed by atoms with Crippen molar-refractivity contribution in [3.05, 3.63) is 54.2 Å². The lowest BCUT2D eigenvalue weighted by Crippen LogP contribution is -2.41. The lowest BCUT2D eigenvalue weighted by Gasteiger charge is -2.32. The van der Waals surface area contributed by atoms with Crippen molar-refractivity contribution in [2.75, 3.05) is 24.6 Å². The molecule has 0 saturated carbocycles. The van der Waals surface area contributed by atoms with Gasteiger partial charge in [-0.3, -0.25) is 4.79 Å². The molecule has 26 heavy (non-hydrogen) atoms. The minimum Gasteiger partial charge on any atom is -0.481 e. The molecule has 1 aromatic heterocycles. The van der Waals surface area contributed by atoms with Gasteiger partial charge in [0, 0.05) is 25.8 Å². The summed E-state index contributed by atoms with van der Waals surface area (Å²) < 4.78 is 11.2. The van der Waals surface area contributed by atoms with Gasteiger partial charge < -0.3 is 19.7 Å². The monoisotopic (exact) mass is 355 g/mol. The van der Waals surface area contributed by atoms with Gasteiger partial charge in [-0.25, -0.2) is 4.98 Å². The Hall–Kier alpha value is -2.60. The van der Waals surface area contributed by atoms with Crippen LogP contribution >= 0.6 is 0 Å². The molecule has 2 atom stereocenters. The van der Waals surface area contributed by atoms with Crippen LogP contribution in [0.4, 0.5) is 5.82 Å². The van der Waals surface area contributed by atoms with E-state index in [-0.39, 0.29) is 12.0 Å². The maximum Gasteiger partial charge on any atom is 0.261 e. The summed E-state index contributed by atoms with van der Waals surface area (Å²) >= 11 is 0. The third-order valence-electron chi connectivity index (χ3n) is 4.27. The summed E-state index contributed by atoms with van der Waals surface area (Å²) in [5.74, 6) is 1.47. The number of pyridine rings is 1. The van der Waals surface area contributed by atoms with E-state index in [1.165, 1.54) is 0 Å². The highest BCUT2D eigenvalue weighted by atomic mass is 16.5. The minimum atomic E-state index is -0.556. The number of ether oxygens (including phenoxy) is 2. The van der Waals surface area contributed by atoms with Crippen LogP contribution in [-0.2, 0) is 16.1 Å². The molecule has 6 nitrogen and oxygen atoms in total. The largest absolute Gasteiger partial charge is 0.481 e. The van der Waals surface area contributed by atoms with Crippen molar-refractivity contribution in [1.29, 1.82) is 0 Å². The molecule has 1 aliphatic rings. The van der Waals surface area contributed by atoms with Gasteiger partial charge in [-0.05, 0) is 37.6 Å². The van der Waals surface area contributed by atoms with Crippen LogP contribution in [0, 0.1) is 0 Å². The Bertz CT molecular complexity index is 706. The Morgan fingerprint density at radius 3 is 2.85 bits per heavy atom. The first-order valence-corrected chi connectivity index (χ1v) is 8.92. The number of amides is 1. The Morgan fingerprint density at radius 1 is 1.35 bits per heavy atom. The predicted octanol–water partition coefficient (Wildman–Crippen LogP) is 2.39. The van der Waals surface area contributed by atoms with E-state index >= 15 is 0 Å². The van der Waals surface area contributed by atoms with E-state index < -0.39 is 6.10 Å². The van der Waals surface area contributed by atoms with Gasteiger partial charge in [0.05, 0.1) is 12.7 Å². The van der Waals surface area contributed by atoms with Crippen LogP contribution in [0.5, 0.6) is 5.75 Å². The zero-order chi connectivity index (χ0) is 18.4. The molecule has 3 rings (SSSR count). The summed E-state index contributed by atoms with van der Waals surface area (Å²) in [6.45, 7) is 6.64. The van der Waals surface area contributed by atoms with Crippen molar-refractivity contribution >= 4 is 11.7 Å². The highest BCUT2D eigenvalue weighted by Crippen LogP contribution is 2.15. The molecule has 1 fully saturated rings. The average Bonchev–Trinajstić information content (AvgIpc) is 2.67. The summed E-state index contributed by atoms with van der Waals surface area (Å²) in [6, 6.07) is 13.3. The van der Waals surface area contributed by atoms with Gasteiger partial charge in [-0.2, -0.15) is 0 Å². The molecule has 0 bridgehead atoms. The summed E-state index contributed by atoms with van der Waals surface area (Å²) in [5.41, 5.74) is 0.954. The van der Waals surface area contributed by atoms with Crippen LogP contribution in [0.2, 0.25) is 0 Å². The van der Waals surface area contributed by atoms with Gasteiger partial charge in [0.15, 0.2) is 6.10 Å². The molecule has 138 valence electrons. The van der Waals surface area contributed by atoms with Gasteiger partial charge in [-0.15, -0.1) is 0 Å². The van der Waals surface area contributed by atoms with Crippen LogP contribution in [-0.4, -0.2) is 42.8 Å². The fourth-order valence-electron chi connectivity index (χ4n) is 2.82. The molecule has 6 heteroatoms. The molecule has 1 saturated heterocycles. The number of carbonyl (C=O) groups excluding carboxylic acids is 1. The van der Waals surface area contributed by atoms with Crippen LogP contribution in [0.15, 0.2) is 48.7 Å². The van der Waals surface area contributed by atoms with Crippen LogP contribution < -0.4 is 15.0 Å². The summed E-state index contributed by atoms with van der Waals surface area (Å²) in [4.78, 5) is 18.9. The van der Waals surface area contributed by atoms with Gasteiger partial charge in [0.2, 0.25) is 0 Å². The molecule has 1 amide bonds. The second kappa shape index (κ2) is 8.67. The number of aromatic nitrogens is 1. The molecule has 2 aromatic rings. The lowest BCUT2D eigenvalue weighted by atomic mass is 10.2. The van der Waals surface area contributed by atoms with Crippen molar-refractivity contribution in [2.24, 2.45) is 0 Å². The number of para-hydroxylation sites is 1. The number of morpholine rings is 1. The first kappa shape index (κ1) is 18.2. The number of rotatable bonds is 6. The number of hydrogen-bond acceptors (Lipinski definition) is 5. The summed E-state index contributed by atoms with van der Waals surface area (Å²) in [6.07, 6.45) is 1.47. The van der Waals surface area contributed by atoms with Gasteiger partial charge in [0.25, 0.3) is 5.91 Å². The van der Waals surface area contributed by atoms with E-state index in [1.807, 2.05) is 42.5 Å². The number of nitrogens with zero attached hydrogens (tertiary/aromatic N) is 2. The van der Waals surface area contributed by atoms with Crippen molar-refractivity contribution in [2.45, 2.75) is 32.6 Å². The number of nitrogens with one attached hydrogen (secondary N) is 1. The number of benzene rings is 1. The molecule has 0 radical (unpaired) electrons. The van der Waals surface area contributed by atoms with Crippen LogP contribution in [0.25, 0.3) is 0 Å². The van der Waals surface area contributed by atoms with Crippen molar-refractivity contribution in [1.82, 2.24) is 10.3 Å². The maximum atomic E-state index is 12.2. The van der Waals surface area contributed by atoms with E-state index in [4.69, 9.17) is 9.47 Å². The molecule has 1 aromatic carbocycles. The average molecular weight is 355 g/mol. The number of anilines is 1. The van der Waals surface area contributed by atoms with Crippen LogP contribution in [0.1, 0.15) is 19.4 Å². The molecular formula is C20H25N3O3. The molecule has 0 spiro atoms. The summed E-state index contributed by atoms with van der Waals surface area (Å²) in [5, 5.41) is 2.89. The zero-order valence-electron chi connectivity index (χ0n) is 15.2. The fourth-order valence-corrected chi connectivity index (χ4v) is 2.82. The molecule has 0 aliphatic carbocycles. The summed E-state index contributed by atoms with van der Waals surface area (Å²) in [7, 11) is 0. The fraction of sp³-hybridized carbons (Fsp3) is 0.400. The third kappa shape index (κ3) is 4.95. The third-order valence-corrected chi connectivity index (χ3v) is 4.27. The van der Waals surface area contributed by atoms with Crippen molar-refractivity contribution < 1.29 is 14.3 Å². The molecule has 2 heterocycles. The zero-order valence-corrected chi connectivity index (χ0v) is 15.2. The Kier molecular flexibility index (Phi) is 6.07. The highest BCUT2D eigenvalue weighted by molar-refractivity contribution is 5.80. The maximum absolute atomic E-state index is 12.2. The van der Waals surface area contributed by atoms with E-state index in [0.717, 1.165) is 31.1 Å². The number of hydrogen-bond donors (Lipinski definition) is 1. The van der Waals surface area contributed by atoms with E-state index in [2.05, 4.69) is 22.1 Å². The van der Waals surface area contributed by atoms with E-state index in [0.29, 0.717) is 12.3 Å². The minimum absolute atomic E-state index is 0.153. The van der Waals surface area contributed by atoms with Crippen molar-refractivity contribution in [3.63, 3.8) is 0 Å². The van der Waals surface area contributed by atoms with Gasteiger partial charge in [-0.1, -0.05) is 24.3 Å².